The SMILES string of the molecule is COc1cc(F)ccc1NC(=O)c1cccc(C)c1Br. The Morgan fingerprint density at radius 1 is 1.30 bits per heavy atom. The van der Waals surface area contributed by atoms with Gasteiger partial charge in [0.25, 0.3) is 5.91 Å². The lowest BCUT2D eigenvalue weighted by molar-refractivity contribution is 0.102. The zero-order chi connectivity index (χ0) is 14.7. The summed E-state index contributed by atoms with van der Waals surface area (Å²) < 4.78 is 18.9. The molecule has 0 saturated heterocycles. The van der Waals surface area contributed by atoms with Crippen LogP contribution in [0.1, 0.15) is 15.9 Å². The molecule has 0 unspecified atom stereocenters. The quantitative estimate of drug-likeness (QED) is 0.913. The van der Waals surface area contributed by atoms with Crippen molar-refractivity contribution in [2.24, 2.45) is 0 Å². The van der Waals surface area contributed by atoms with Gasteiger partial charge in [-0.05, 0) is 46.6 Å². The van der Waals surface area contributed by atoms with Gasteiger partial charge < -0.3 is 10.1 Å². The summed E-state index contributed by atoms with van der Waals surface area (Å²) in [4.78, 5) is 12.2. The third-order valence-electron chi connectivity index (χ3n) is 2.85. The van der Waals surface area contributed by atoms with Crippen LogP contribution < -0.4 is 10.1 Å². The average molecular weight is 338 g/mol. The molecule has 2 rings (SSSR count). The fourth-order valence-electron chi connectivity index (χ4n) is 1.78. The smallest absolute Gasteiger partial charge is 0.256 e. The molecular weight excluding hydrogens is 325 g/mol. The normalized spacial score (nSPS) is 10.2. The van der Waals surface area contributed by atoms with Crippen molar-refractivity contribution < 1.29 is 13.9 Å². The first-order valence-electron chi connectivity index (χ1n) is 5.93. The molecule has 0 aliphatic heterocycles. The summed E-state index contributed by atoms with van der Waals surface area (Å²) in [6, 6.07) is 9.37. The number of anilines is 1. The summed E-state index contributed by atoms with van der Waals surface area (Å²) in [6.45, 7) is 1.90. The minimum absolute atomic E-state index is 0.280. The Kier molecular flexibility index (Phi) is 4.39. The van der Waals surface area contributed by atoms with Crippen LogP contribution in [0.15, 0.2) is 40.9 Å². The van der Waals surface area contributed by atoms with Crippen LogP contribution >= 0.6 is 15.9 Å². The van der Waals surface area contributed by atoms with Crippen molar-refractivity contribution in [1.82, 2.24) is 0 Å². The molecule has 0 spiro atoms. The van der Waals surface area contributed by atoms with E-state index in [4.69, 9.17) is 4.74 Å². The number of carbonyl (C=O) groups excluding carboxylic acids is 1. The Labute approximate surface area is 124 Å². The van der Waals surface area contributed by atoms with Crippen LogP contribution in [0.25, 0.3) is 0 Å². The van der Waals surface area contributed by atoms with Crippen LogP contribution in [0.2, 0.25) is 0 Å². The maximum absolute atomic E-state index is 13.1. The predicted molar refractivity (Wildman–Crippen MR) is 79.8 cm³/mol. The monoisotopic (exact) mass is 337 g/mol. The van der Waals surface area contributed by atoms with Crippen molar-refractivity contribution in [2.45, 2.75) is 6.92 Å². The van der Waals surface area contributed by atoms with E-state index in [2.05, 4.69) is 21.2 Å². The molecule has 20 heavy (non-hydrogen) atoms. The number of aryl methyl sites for hydroxylation is 1. The van der Waals surface area contributed by atoms with E-state index < -0.39 is 5.82 Å². The van der Waals surface area contributed by atoms with Gasteiger partial charge in [-0.25, -0.2) is 4.39 Å². The summed E-state index contributed by atoms with van der Waals surface area (Å²) in [5.74, 6) is -0.427. The Hall–Kier alpha value is -1.88. The van der Waals surface area contributed by atoms with Crippen LogP contribution in [-0.4, -0.2) is 13.0 Å². The molecular formula is C15H13BrFNO2. The molecule has 0 fully saturated rings. The van der Waals surface area contributed by atoms with Gasteiger partial charge in [0.15, 0.2) is 0 Å². The van der Waals surface area contributed by atoms with Crippen molar-refractivity contribution in [2.75, 3.05) is 12.4 Å². The lowest BCUT2D eigenvalue weighted by Gasteiger charge is -2.11. The highest BCUT2D eigenvalue weighted by molar-refractivity contribution is 9.10. The lowest BCUT2D eigenvalue weighted by atomic mass is 10.1. The number of hydrogen-bond acceptors (Lipinski definition) is 2. The molecule has 1 amide bonds. The molecule has 2 aromatic rings. The minimum Gasteiger partial charge on any atom is -0.494 e. The van der Waals surface area contributed by atoms with Crippen LogP contribution in [0.5, 0.6) is 5.75 Å². The third-order valence-corrected chi connectivity index (χ3v) is 3.90. The van der Waals surface area contributed by atoms with E-state index >= 15 is 0 Å². The zero-order valence-corrected chi connectivity index (χ0v) is 12.6. The summed E-state index contributed by atoms with van der Waals surface area (Å²) in [6.07, 6.45) is 0. The number of nitrogens with one attached hydrogen (secondary N) is 1. The van der Waals surface area contributed by atoms with Gasteiger partial charge in [-0.2, -0.15) is 0 Å². The van der Waals surface area contributed by atoms with Gasteiger partial charge in [0.05, 0.1) is 18.4 Å². The van der Waals surface area contributed by atoms with Crippen LogP contribution in [0.3, 0.4) is 0 Å². The third kappa shape index (κ3) is 2.99. The van der Waals surface area contributed by atoms with Gasteiger partial charge in [-0.15, -0.1) is 0 Å². The topological polar surface area (TPSA) is 38.3 Å². The van der Waals surface area contributed by atoms with Crippen molar-refractivity contribution >= 4 is 27.5 Å². The molecule has 0 bridgehead atoms. The number of hydrogen-bond donors (Lipinski definition) is 1. The van der Waals surface area contributed by atoms with E-state index in [0.29, 0.717) is 11.3 Å². The van der Waals surface area contributed by atoms with Gasteiger partial charge in [0.1, 0.15) is 11.6 Å². The largest absolute Gasteiger partial charge is 0.494 e. The van der Waals surface area contributed by atoms with E-state index in [1.54, 1.807) is 12.1 Å². The first-order chi connectivity index (χ1) is 9.52. The number of benzene rings is 2. The van der Waals surface area contributed by atoms with Gasteiger partial charge >= 0.3 is 0 Å². The van der Waals surface area contributed by atoms with Gasteiger partial charge in [0, 0.05) is 10.5 Å². The average Bonchev–Trinajstić information content (AvgIpc) is 2.43. The molecule has 0 aromatic heterocycles. The molecule has 104 valence electrons. The molecule has 0 saturated carbocycles. The number of carbonyl (C=O) groups is 1. The standard InChI is InChI=1S/C15H13BrFNO2/c1-9-4-3-5-11(14(9)16)15(19)18-12-7-6-10(17)8-13(12)20-2/h3-8H,1-2H3,(H,18,19). The molecule has 2 aromatic carbocycles. The maximum Gasteiger partial charge on any atom is 0.256 e. The lowest BCUT2D eigenvalue weighted by Crippen LogP contribution is -2.13. The van der Waals surface area contributed by atoms with E-state index in [0.717, 1.165) is 10.0 Å². The summed E-state index contributed by atoms with van der Waals surface area (Å²) in [5, 5.41) is 2.71. The number of ether oxygens (including phenoxy) is 1. The second-order valence-corrected chi connectivity index (χ2v) is 5.03. The Bertz CT molecular complexity index is 658. The van der Waals surface area contributed by atoms with E-state index in [9.17, 15) is 9.18 Å². The highest BCUT2D eigenvalue weighted by atomic mass is 79.9. The van der Waals surface area contributed by atoms with Crippen molar-refractivity contribution in [3.05, 3.63) is 57.8 Å². The highest BCUT2D eigenvalue weighted by Crippen LogP contribution is 2.27. The number of methoxy groups -OCH3 is 1. The molecule has 0 aliphatic rings. The molecule has 0 atom stereocenters. The molecule has 0 heterocycles. The molecule has 1 N–H and O–H groups in total. The van der Waals surface area contributed by atoms with E-state index in [1.165, 1.54) is 25.3 Å². The maximum atomic E-state index is 13.1. The van der Waals surface area contributed by atoms with Crippen molar-refractivity contribution in [3.63, 3.8) is 0 Å². The van der Waals surface area contributed by atoms with Crippen molar-refractivity contribution in [3.8, 4) is 5.75 Å². The number of amides is 1. The fraction of sp³-hybridized carbons (Fsp3) is 0.133. The molecule has 0 radical (unpaired) electrons. The zero-order valence-electron chi connectivity index (χ0n) is 11.0. The Morgan fingerprint density at radius 2 is 2.05 bits per heavy atom. The second-order valence-electron chi connectivity index (χ2n) is 4.24. The van der Waals surface area contributed by atoms with Gasteiger partial charge in [-0.1, -0.05) is 12.1 Å². The predicted octanol–water partition coefficient (Wildman–Crippen LogP) is 4.16. The van der Waals surface area contributed by atoms with Crippen LogP contribution in [0.4, 0.5) is 10.1 Å². The molecule has 5 heteroatoms. The highest BCUT2D eigenvalue weighted by Gasteiger charge is 2.14. The molecule has 0 aliphatic carbocycles. The van der Waals surface area contributed by atoms with E-state index in [-0.39, 0.29) is 11.7 Å². The summed E-state index contributed by atoms with van der Waals surface area (Å²) in [5.41, 5.74) is 1.90. The van der Waals surface area contributed by atoms with Gasteiger partial charge in [-0.3, -0.25) is 4.79 Å². The van der Waals surface area contributed by atoms with E-state index in [1.807, 2.05) is 13.0 Å². The Morgan fingerprint density at radius 3 is 2.75 bits per heavy atom. The molecule has 3 nitrogen and oxygen atoms in total. The second kappa shape index (κ2) is 6.05. The van der Waals surface area contributed by atoms with Crippen LogP contribution in [-0.2, 0) is 0 Å². The summed E-state index contributed by atoms with van der Waals surface area (Å²) >= 11 is 3.39. The van der Waals surface area contributed by atoms with Crippen LogP contribution in [0, 0.1) is 12.7 Å². The van der Waals surface area contributed by atoms with Crippen molar-refractivity contribution in [1.29, 1.82) is 0 Å². The first kappa shape index (κ1) is 14.5. The van der Waals surface area contributed by atoms with Gasteiger partial charge in [0.2, 0.25) is 0 Å². The summed E-state index contributed by atoms with van der Waals surface area (Å²) in [7, 11) is 1.42. The number of rotatable bonds is 3. The Balaban J connectivity index is 2.30. The number of halogens is 2. The first-order valence-corrected chi connectivity index (χ1v) is 6.72. The minimum atomic E-state index is -0.420. The fourth-order valence-corrected chi connectivity index (χ4v) is 2.23.